The van der Waals surface area contributed by atoms with Gasteiger partial charge in [-0.15, -0.1) is 0 Å². The Morgan fingerprint density at radius 2 is 2.10 bits per heavy atom. The van der Waals surface area contributed by atoms with Crippen molar-refractivity contribution in [2.24, 2.45) is 5.73 Å². The van der Waals surface area contributed by atoms with Crippen molar-refractivity contribution in [1.82, 2.24) is 4.98 Å². The first kappa shape index (κ1) is 21.3. The summed E-state index contributed by atoms with van der Waals surface area (Å²) in [6.45, 7) is 1.26. The molecule has 3 aromatic rings. The molecule has 0 aliphatic carbocycles. The molecular formula is C23H26N4O3S. The van der Waals surface area contributed by atoms with E-state index in [1.807, 2.05) is 48.7 Å². The van der Waals surface area contributed by atoms with Crippen LogP contribution in [0.4, 0.5) is 10.8 Å². The molecule has 4 rings (SSSR count). The molecule has 1 atom stereocenters. The number of anilines is 2. The van der Waals surface area contributed by atoms with E-state index in [0.29, 0.717) is 26.0 Å². The van der Waals surface area contributed by atoms with Crippen molar-refractivity contribution in [3.8, 4) is 16.2 Å². The molecule has 31 heavy (non-hydrogen) atoms. The van der Waals surface area contributed by atoms with Gasteiger partial charge in [0.1, 0.15) is 5.75 Å². The standard InChI is InChI=1S/C23H26N4O3S/c24-18(10-15-2-5-19(6-3-15)30-9-1-8-28)13-25-23-26-14-21(31-23)16-4-7-20-17(11-16)12-22(29)27-20/h2-7,11,14,18,28H,1,8-10,12-13,24H2,(H,25,26)(H,27,29)/t18-/m0/s1. The Morgan fingerprint density at radius 3 is 2.90 bits per heavy atom. The molecule has 0 fully saturated rings. The van der Waals surface area contributed by atoms with E-state index in [1.165, 1.54) is 0 Å². The van der Waals surface area contributed by atoms with Crippen molar-refractivity contribution < 1.29 is 14.6 Å². The maximum Gasteiger partial charge on any atom is 0.228 e. The summed E-state index contributed by atoms with van der Waals surface area (Å²) in [6, 6.07) is 13.8. The molecule has 2 heterocycles. The van der Waals surface area contributed by atoms with Crippen LogP contribution in [0.15, 0.2) is 48.7 Å². The summed E-state index contributed by atoms with van der Waals surface area (Å²) in [4.78, 5) is 17.1. The number of carbonyl (C=O) groups excluding carboxylic acids is 1. The van der Waals surface area contributed by atoms with E-state index in [2.05, 4.69) is 15.6 Å². The van der Waals surface area contributed by atoms with Gasteiger partial charge in [-0.2, -0.15) is 0 Å². The summed E-state index contributed by atoms with van der Waals surface area (Å²) in [5, 5.41) is 15.8. The van der Waals surface area contributed by atoms with E-state index in [9.17, 15) is 4.79 Å². The smallest absolute Gasteiger partial charge is 0.228 e. The van der Waals surface area contributed by atoms with Gasteiger partial charge < -0.3 is 26.2 Å². The minimum absolute atomic E-state index is 0.0386. The van der Waals surface area contributed by atoms with Crippen LogP contribution in [0.3, 0.4) is 0 Å². The van der Waals surface area contributed by atoms with Crippen LogP contribution >= 0.6 is 11.3 Å². The van der Waals surface area contributed by atoms with Crippen LogP contribution in [0.2, 0.25) is 0 Å². The van der Waals surface area contributed by atoms with Gasteiger partial charge in [0, 0.05) is 37.5 Å². The highest BCUT2D eigenvalue weighted by molar-refractivity contribution is 7.18. The number of carbonyl (C=O) groups is 1. The van der Waals surface area contributed by atoms with Crippen LogP contribution in [0.1, 0.15) is 17.5 Å². The van der Waals surface area contributed by atoms with E-state index in [1.54, 1.807) is 11.3 Å². The molecule has 2 aromatic carbocycles. The third-order valence-corrected chi connectivity index (χ3v) is 6.03. The normalized spacial score (nSPS) is 13.5. The molecule has 1 amide bonds. The van der Waals surface area contributed by atoms with Gasteiger partial charge in [0.25, 0.3) is 0 Å². The Kier molecular flexibility index (Phi) is 6.81. The lowest BCUT2D eigenvalue weighted by molar-refractivity contribution is -0.115. The fraction of sp³-hybridized carbons (Fsp3) is 0.304. The molecule has 1 aliphatic heterocycles. The molecule has 1 aromatic heterocycles. The average molecular weight is 439 g/mol. The highest BCUT2D eigenvalue weighted by atomic mass is 32.1. The molecule has 0 saturated heterocycles. The van der Waals surface area contributed by atoms with Crippen LogP contribution in [0.5, 0.6) is 5.75 Å². The second kappa shape index (κ2) is 9.91. The van der Waals surface area contributed by atoms with Crippen LogP contribution in [0.25, 0.3) is 10.4 Å². The minimum Gasteiger partial charge on any atom is -0.494 e. The fourth-order valence-electron chi connectivity index (χ4n) is 3.44. The highest BCUT2D eigenvalue weighted by Gasteiger charge is 2.18. The highest BCUT2D eigenvalue weighted by Crippen LogP contribution is 2.33. The molecule has 0 saturated carbocycles. The third kappa shape index (κ3) is 5.61. The summed E-state index contributed by atoms with van der Waals surface area (Å²) in [5.74, 6) is 0.836. The summed E-state index contributed by atoms with van der Waals surface area (Å²) in [5.41, 5.74) is 10.4. The molecule has 5 N–H and O–H groups in total. The van der Waals surface area contributed by atoms with Gasteiger partial charge in [-0.05, 0) is 47.4 Å². The first-order valence-corrected chi connectivity index (χ1v) is 11.1. The first-order valence-electron chi connectivity index (χ1n) is 10.3. The van der Waals surface area contributed by atoms with E-state index in [0.717, 1.165) is 44.6 Å². The van der Waals surface area contributed by atoms with E-state index in [-0.39, 0.29) is 18.6 Å². The number of amides is 1. The number of aromatic nitrogens is 1. The van der Waals surface area contributed by atoms with Gasteiger partial charge in [0.05, 0.1) is 17.9 Å². The Balaban J connectivity index is 1.28. The molecule has 0 unspecified atom stereocenters. The summed E-state index contributed by atoms with van der Waals surface area (Å²) in [6.07, 6.45) is 3.64. The molecule has 0 radical (unpaired) electrons. The second-order valence-corrected chi connectivity index (χ2v) is 8.57. The van der Waals surface area contributed by atoms with Crippen molar-refractivity contribution in [2.45, 2.75) is 25.3 Å². The molecule has 162 valence electrons. The van der Waals surface area contributed by atoms with E-state index >= 15 is 0 Å². The zero-order chi connectivity index (χ0) is 21.6. The van der Waals surface area contributed by atoms with Crippen molar-refractivity contribution >= 4 is 28.1 Å². The molecule has 0 bridgehead atoms. The van der Waals surface area contributed by atoms with Crippen LogP contribution < -0.4 is 21.1 Å². The van der Waals surface area contributed by atoms with E-state index < -0.39 is 0 Å². The van der Waals surface area contributed by atoms with Gasteiger partial charge in [0.2, 0.25) is 5.91 Å². The van der Waals surface area contributed by atoms with Crippen molar-refractivity contribution in [3.05, 3.63) is 59.8 Å². The Bertz CT molecular complexity index is 1040. The fourth-order valence-corrected chi connectivity index (χ4v) is 4.26. The zero-order valence-corrected chi connectivity index (χ0v) is 18.0. The van der Waals surface area contributed by atoms with Gasteiger partial charge in [-0.25, -0.2) is 4.98 Å². The molecule has 1 aliphatic rings. The average Bonchev–Trinajstić information content (AvgIpc) is 3.39. The largest absolute Gasteiger partial charge is 0.494 e. The molecular weight excluding hydrogens is 412 g/mol. The van der Waals surface area contributed by atoms with Crippen molar-refractivity contribution in [3.63, 3.8) is 0 Å². The maximum absolute atomic E-state index is 11.5. The summed E-state index contributed by atoms with van der Waals surface area (Å²) < 4.78 is 5.55. The predicted octanol–water partition coefficient (Wildman–Crippen LogP) is 3.05. The van der Waals surface area contributed by atoms with Crippen molar-refractivity contribution in [2.75, 3.05) is 30.4 Å². The van der Waals surface area contributed by atoms with Crippen LogP contribution in [-0.4, -0.2) is 41.8 Å². The summed E-state index contributed by atoms with van der Waals surface area (Å²) in [7, 11) is 0. The maximum atomic E-state index is 11.5. The summed E-state index contributed by atoms with van der Waals surface area (Å²) >= 11 is 1.57. The van der Waals surface area contributed by atoms with Gasteiger partial charge in [0.15, 0.2) is 5.13 Å². The number of rotatable bonds is 10. The Hall–Kier alpha value is -2.94. The number of thiazole rings is 1. The van der Waals surface area contributed by atoms with Gasteiger partial charge >= 0.3 is 0 Å². The first-order chi connectivity index (χ1) is 15.1. The lowest BCUT2D eigenvalue weighted by Gasteiger charge is -2.13. The number of aliphatic hydroxyl groups is 1. The number of hydrogen-bond donors (Lipinski definition) is 4. The monoisotopic (exact) mass is 438 g/mol. The number of ether oxygens (including phenoxy) is 1. The topological polar surface area (TPSA) is 110 Å². The molecule has 8 heteroatoms. The molecule has 0 spiro atoms. The van der Waals surface area contributed by atoms with Crippen LogP contribution in [-0.2, 0) is 17.6 Å². The van der Waals surface area contributed by atoms with Gasteiger partial charge in [-0.3, -0.25) is 4.79 Å². The number of nitrogens with zero attached hydrogens (tertiary/aromatic N) is 1. The Morgan fingerprint density at radius 1 is 1.26 bits per heavy atom. The lowest BCUT2D eigenvalue weighted by Crippen LogP contribution is -2.31. The minimum atomic E-state index is -0.0504. The number of aliphatic hydroxyl groups excluding tert-OH is 1. The lowest BCUT2D eigenvalue weighted by atomic mass is 10.1. The number of nitrogens with one attached hydrogen (secondary N) is 2. The zero-order valence-electron chi connectivity index (χ0n) is 17.1. The number of hydrogen-bond acceptors (Lipinski definition) is 7. The number of fused-ring (bicyclic) bond motifs is 1. The number of nitrogens with two attached hydrogens (primary N) is 1. The third-order valence-electron chi connectivity index (χ3n) is 5.03. The van der Waals surface area contributed by atoms with Crippen LogP contribution in [0, 0.1) is 0 Å². The number of benzene rings is 2. The quantitative estimate of drug-likeness (QED) is 0.362. The SMILES string of the molecule is N[C@H](CNc1ncc(-c2ccc3c(c2)CC(=O)N3)s1)Cc1ccc(OCCCO)cc1. The van der Waals surface area contributed by atoms with E-state index in [4.69, 9.17) is 15.6 Å². The second-order valence-electron chi connectivity index (χ2n) is 7.54. The van der Waals surface area contributed by atoms with Crippen molar-refractivity contribution in [1.29, 1.82) is 0 Å². The predicted molar refractivity (Wildman–Crippen MR) is 124 cm³/mol. The molecule has 7 nitrogen and oxygen atoms in total. The van der Waals surface area contributed by atoms with Gasteiger partial charge in [-0.1, -0.05) is 29.5 Å². The Labute approximate surface area is 185 Å².